The third kappa shape index (κ3) is 2.76. The van der Waals surface area contributed by atoms with E-state index >= 15 is 0 Å². The van der Waals surface area contributed by atoms with E-state index in [1.165, 1.54) is 0 Å². The lowest BCUT2D eigenvalue weighted by atomic mass is 9.90. The predicted octanol–water partition coefficient (Wildman–Crippen LogP) is 2.49. The van der Waals surface area contributed by atoms with Crippen molar-refractivity contribution in [1.29, 1.82) is 0 Å². The van der Waals surface area contributed by atoms with Gasteiger partial charge in [-0.1, -0.05) is 36.4 Å². The minimum absolute atomic E-state index is 0.0489. The quantitative estimate of drug-likeness (QED) is 0.908. The average Bonchev–Trinajstić information content (AvgIpc) is 2.96. The molecule has 0 aliphatic carbocycles. The van der Waals surface area contributed by atoms with E-state index in [0.29, 0.717) is 6.61 Å². The Balaban J connectivity index is 1.99. The van der Waals surface area contributed by atoms with Gasteiger partial charge in [0, 0.05) is 5.56 Å². The highest BCUT2D eigenvalue weighted by Gasteiger charge is 2.35. The molecule has 1 aliphatic rings. The number of carbonyl (C=O) groups is 1. The first-order valence-electron chi connectivity index (χ1n) is 7.06. The number of ether oxygens (including phenoxy) is 2. The van der Waals surface area contributed by atoms with Crippen LogP contribution in [0.2, 0.25) is 0 Å². The predicted molar refractivity (Wildman–Crippen MR) is 80.5 cm³/mol. The van der Waals surface area contributed by atoms with Gasteiger partial charge >= 0.3 is 6.09 Å². The molecule has 5 heteroatoms. The number of primary amides is 1. The number of amides is 1. The van der Waals surface area contributed by atoms with Gasteiger partial charge in [0.05, 0.1) is 19.1 Å². The van der Waals surface area contributed by atoms with Crippen molar-refractivity contribution < 1.29 is 19.4 Å². The van der Waals surface area contributed by atoms with Crippen molar-refractivity contribution in [2.45, 2.75) is 18.6 Å². The summed E-state index contributed by atoms with van der Waals surface area (Å²) in [6.45, 7) is 0.351. The molecule has 0 saturated carbocycles. The molecule has 1 unspecified atom stereocenters. The molecule has 0 fully saturated rings. The fraction of sp³-hybridized carbons (Fsp3) is 0.235. The van der Waals surface area contributed by atoms with Crippen LogP contribution in [0.25, 0.3) is 0 Å². The Morgan fingerprint density at radius 2 is 2.09 bits per heavy atom. The number of nitrogens with two attached hydrogens (primary N) is 1. The summed E-state index contributed by atoms with van der Waals surface area (Å²) in [5.41, 5.74) is 7.80. The van der Waals surface area contributed by atoms with Gasteiger partial charge in [-0.05, 0) is 23.3 Å². The lowest BCUT2D eigenvalue weighted by molar-refractivity contribution is 0.0829. The van der Waals surface area contributed by atoms with Gasteiger partial charge in [0.25, 0.3) is 0 Å². The minimum atomic E-state index is -0.819. The van der Waals surface area contributed by atoms with Crippen LogP contribution < -0.4 is 10.5 Å². The molecule has 3 N–H and O–H groups in total. The molecule has 0 spiro atoms. The van der Waals surface area contributed by atoms with Crippen molar-refractivity contribution in [3.8, 4) is 5.75 Å². The molecule has 0 saturated heterocycles. The molecule has 0 aromatic heterocycles. The van der Waals surface area contributed by atoms with E-state index in [2.05, 4.69) is 0 Å². The minimum Gasteiger partial charge on any atom is -0.492 e. The van der Waals surface area contributed by atoms with Crippen molar-refractivity contribution in [3.05, 3.63) is 65.2 Å². The van der Waals surface area contributed by atoms with Crippen molar-refractivity contribution >= 4 is 6.09 Å². The van der Waals surface area contributed by atoms with E-state index in [1.54, 1.807) is 0 Å². The van der Waals surface area contributed by atoms with Crippen LogP contribution in [0.1, 0.15) is 28.7 Å². The van der Waals surface area contributed by atoms with E-state index in [1.807, 2.05) is 48.5 Å². The fourth-order valence-corrected chi connectivity index (χ4v) is 2.79. The number of rotatable bonds is 4. The van der Waals surface area contributed by atoms with Crippen LogP contribution >= 0.6 is 0 Å². The van der Waals surface area contributed by atoms with Crippen LogP contribution in [-0.2, 0) is 11.3 Å². The Bertz CT molecular complexity index is 672. The number of hydrogen-bond acceptors (Lipinski definition) is 4. The molecular formula is C17H17NO4. The van der Waals surface area contributed by atoms with Gasteiger partial charge in [0.15, 0.2) is 0 Å². The fourth-order valence-electron chi connectivity index (χ4n) is 2.79. The first kappa shape index (κ1) is 14.4. The third-order valence-corrected chi connectivity index (χ3v) is 3.81. The van der Waals surface area contributed by atoms with Gasteiger partial charge in [0.2, 0.25) is 0 Å². The monoisotopic (exact) mass is 299 g/mol. The van der Waals surface area contributed by atoms with Crippen molar-refractivity contribution in [3.63, 3.8) is 0 Å². The van der Waals surface area contributed by atoms with Crippen LogP contribution in [0.4, 0.5) is 4.79 Å². The molecule has 22 heavy (non-hydrogen) atoms. The van der Waals surface area contributed by atoms with Crippen LogP contribution in [-0.4, -0.2) is 17.8 Å². The second-order valence-electron chi connectivity index (χ2n) is 5.22. The molecule has 2 atom stereocenters. The first-order chi connectivity index (χ1) is 10.7. The summed E-state index contributed by atoms with van der Waals surface area (Å²) in [4.78, 5) is 11.3. The highest BCUT2D eigenvalue weighted by Crippen LogP contribution is 2.43. The van der Waals surface area contributed by atoms with Gasteiger partial charge in [-0.2, -0.15) is 0 Å². The zero-order chi connectivity index (χ0) is 15.5. The summed E-state index contributed by atoms with van der Waals surface area (Å²) >= 11 is 0. The lowest BCUT2D eigenvalue weighted by Gasteiger charge is -2.22. The maximum Gasteiger partial charge on any atom is 0.405 e. The molecule has 0 radical (unpaired) electrons. The molecule has 1 aliphatic heterocycles. The molecule has 0 bridgehead atoms. The molecule has 114 valence electrons. The zero-order valence-electron chi connectivity index (χ0n) is 11.9. The maximum atomic E-state index is 11.3. The van der Waals surface area contributed by atoms with Gasteiger partial charge in [-0.15, -0.1) is 0 Å². The smallest absolute Gasteiger partial charge is 0.405 e. The van der Waals surface area contributed by atoms with E-state index in [-0.39, 0.29) is 12.5 Å². The van der Waals surface area contributed by atoms with Crippen molar-refractivity contribution in [1.82, 2.24) is 0 Å². The standard InChI is InChI=1S/C17H17NO4/c18-17(20)22-16(12-4-2-1-3-5-12)14-10-21-15-7-6-11(9-19)8-13(14)15/h1-8,14,16,19H,9-10H2,(H2,18,20)/t14?,16-/m0/s1. The van der Waals surface area contributed by atoms with E-state index in [0.717, 1.165) is 22.4 Å². The second-order valence-corrected chi connectivity index (χ2v) is 5.22. The van der Waals surface area contributed by atoms with Gasteiger partial charge < -0.3 is 20.3 Å². The van der Waals surface area contributed by atoms with Crippen molar-refractivity contribution in [2.24, 2.45) is 5.73 Å². The number of carbonyl (C=O) groups excluding carboxylic acids is 1. The van der Waals surface area contributed by atoms with E-state index in [9.17, 15) is 9.90 Å². The zero-order valence-corrected chi connectivity index (χ0v) is 11.9. The van der Waals surface area contributed by atoms with E-state index in [4.69, 9.17) is 15.2 Å². The third-order valence-electron chi connectivity index (χ3n) is 3.81. The Kier molecular flexibility index (Phi) is 3.98. The Hall–Kier alpha value is -2.53. The average molecular weight is 299 g/mol. The largest absolute Gasteiger partial charge is 0.492 e. The summed E-state index contributed by atoms with van der Waals surface area (Å²) in [7, 11) is 0. The lowest BCUT2D eigenvalue weighted by Crippen LogP contribution is -2.23. The highest BCUT2D eigenvalue weighted by molar-refractivity contribution is 5.65. The topological polar surface area (TPSA) is 81.8 Å². The molecule has 1 heterocycles. The molecule has 5 nitrogen and oxygen atoms in total. The molecular weight excluding hydrogens is 282 g/mol. The number of aliphatic hydroxyl groups excluding tert-OH is 1. The first-order valence-corrected chi connectivity index (χ1v) is 7.06. The number of aliphatic hydroxyl groups is 1. The van der Waals surface area contributed by atoms with Gasteiger partial charge in [0.1, 0.15) is 11.9 Å². The van der Waals surface area contributed by atoms with Crippen LogP contribution in [0.3, 0.4) is 0 Å². The Labute approximate surface area is 128 Å². The molecule has 2 aromatic rings. The van der Waals surface area contributed by atoms with Gasteiger partial charge in [-0.3, -0.25) is 0 Å². The summed E-state index contributed by atoms with van der Waals surface area (Å²) < 4.78 is 11.0. The van der Waals surface area contributed by atoms with Crippen molar-refractivity contribution in [2.75, 3.05) is 6.61 Å². The van der Waals surface area contributed by atoms with E-state index < -0.39 is 12.2 Å². The number of benzene rings is 2. The van der Waals surface area contributed by atoms with Gasteiger partial charge in [-0.25, -0.2) is 4.79 Å². The summed E-state index contributed by atoms with van der Waals surface area (Å²) in [5.74, 6) is 0.590. The summed E-state index contributed by atoms with van der Waals surface area (Å²) in [5, 5.41) is 9.31. The van der Waals surface area contributed by atoms with Crippen LogP contribution in [0, 0.1) is 0 Å². The summed E-state index contributed by atoms with van der Waals surface area (Å²) in [6.07, 6.45) is -1.34. The Morgan fingerprint density at radius 3 is 2.77 bits per heavy atom. The normalized spacial score (nSPS) is 17.4. The maximum absolute atomic E-state index is 11.3. The van der Waals surface area contributed by atoms with Crippen LogP contribution in [0.15, 0.2) is 48.5 Å². The highest BCUT2D eigenvalue weighted by atomic mass is 16.6. The number of hydrogen-bond donors (Lipinski definition) is 2. The molecule has 2 aromatic carbocycles. The molecule has 3 rings (SSSR count). The second kappa shape index (κ2) is 6.07. The SMILES string of the molecule is NC(=O)O[C@@H](c1ccccc1)C1COc2ccc(CO)cc21. The number of fused-ring (bicyclic) bond motifs is 1. The molecule has 1 amide bonds. The summed E-state index contributed by atoms with van der Waals surface area (Å²) in [6, 6.07) is 15.0. The Morgan fingerprint density at radius 1 is 1.32 bits per heavy atom. The van der Waals surface area contributed by atoms with Crippen LogP contribution in [0.5, 0.6) is 5.75 Å².